The van der Waals surface area contributed by atoms with Crippen molar-refractivity contribution in [2.24, 2.45) is 5.92 Å². The second-order valence-electron chi connectivity index (χ2n) is 7.60. The highest BCUT2D eigenvalue weighted by molar-refractivity contribution is 5.61. The lowest BCUT2D eigenvalue weighted by atomic mass is 9.76. The number of hydrogen-bond acceptors (Lipinski definition) is 1. The minimum absolute atomic E-state index is 0.0309. The summed E-state index contributed by atoms with van der Waals surface area (Å²) in [7, 11) is 0. The van der Waals surface area contributed by atoms with Gasteiger partial charge in [-0.05, 0) is 53.1 Å². The van der Waals surface area contributed by atoms with Crippen LogP contribution < -0.4 is 5.32 Å². The van der Waals surface area contributed by atoms with Gasteiger partial charge in [-0.2, -0.15) is 13.2 Å². The molecule has 0 saturated heterocycles. The van der Waals surface area contributed by atoms with E-state index in [0.717, 1.165) is 17.7 Å². The van der Waals surface area contributed by atoms with E-state index in [1.54, 1.807) is 6.07 Å². The Bertz CT molecular complexity index is 833. The summed E-state index contributed by atoms with van der Waals surface area (Å²) in [4.78, 5) is 0. The van der Waals surface area contributed by atoms with Crippen LogP contribution in [0.3, 0.4) is 0 Å². The van der Waals surface area contributed by atoms with E-state index < -0.39 is 11.7 Å². The van der Waals surface area contributed by atoms with Crippen molar-refractivity contribution in [3.63, 3.8) is 0 Å². The molecule has 1 aliphatic heterocycles. The van der Waals surface area contributed by atoms with Gasteiger partial charge in [0.05, 0.1) is 11.6 Å². The molecule has 2 aromatic rings. The summed E-state index contributed by atoms with van der Waals surface area (Å²) in [5.41, 5.74) is 3.48. The summed E-state index contributed by atoms with van der Waals surface area (Å²) >= 11 is 0. The number of nitrogens with one attached hydrogen (secondary N) is 1. The normalized spacial score (nSPS) is 24.3. The Morgan fingerprint density at radius 3 is 2.42 bits per heavy atom. The summed E-state index contributed by atoms with van der Waals surface area (Å²) in [5.74, 6) is 0.755. The molecule has 0 saturated carbocycles. The van der Waals surface area contributed by atoms with Gasteiger partial charge in [0.2, 0.25) is 0 Å². The number of allylic oxidation sites excluding steroid dienone is 2. The minimum atomic E-state index is -4.31. The van der Waals surface area contributed by atoms with Gasteiger partial charge >= 0.3 is 6.18 Å². The number of rotatable bonds is 2. The van der Waals surface area contributed by atoms with E-state index in [2.05, 4.69) is 55.6 Å². The fraction of sp³-hybridized carbons (Fsp3) is 0.364. The molecule has 0 amide bonds. The van der Waals surface area contributed by atoms with E-state index in [1.165, 1.54) is 23.3 Å². The quantitative estimate of drug-likeness (QED) is 0.593. The molecule has 1 heterocycles. The molecule has 0 aromatic heterocycles. The van der Waals surface area contributed by atoms with Crippen LogP contribution in [-0.2, 0) is 6.18 Å². The van der Waals surface area contributed by atoms with E-state index >= 15 is 0 Å². The molecule has 26 heavy (non-hydrogen) atoms. The van der Waals surface area contributed by atoms with Crippen LogP contribution in [0.1, 0.15) is 60.4 Å². The number of hydrogen-bond donors (Lipinski definition) is 1. The number of benzene rings is 2. The highest BCUT2D eigenvalue weighted by Gasteiger charge is 2.39. The fourth-order valence-corrected chi connectivity index (χ4v) is 4.19. The Morgan fingerprint density at radius 2 is 1.77 bits per heavy atom. The molecule has 0 bridgehead atoms. The maximum atomic E-state index is 13.1. The predicted octanol–water partition coefficient (Wildman–Crippen LogP) is 6.66. The molecule has 2 aliphatic rings. The standard InChI is InChI=1S/C22H22F3N/c1-13(2)14-6-8-15(9-7-14)21-18-5-3-4-17(18)19-12-16(22(23,24)25)10-11-20(19)26-21/h3-4,6-13,17-18,21,26H,5H2,1-2H3/t17-,18-,21-/m0/s1. The molecule has 3 atom stereocenters. The number of fused-ring (bicyclic) bond motifs is 3. The van der Waals surface area contributed by atoms with E-state index in [0.29, 0.717) is 5.92 Å². The van der Waals surface area contributed by atoms with E-state index in [1.807, 2.05) is 0 Å². The highest BCUT2D eigenvalue weighted by atomic mass is 19.4. The molecule has 0 spiro atoms. The van der Waals surface area contributed by atoms with Crippen LogP contribution in [0.2, 0.25) is 0 Å². The summed E-state index contributed by atoms with van der Waals surface area (Å²) in [6.45, 7) is 4.33. The molecular formula is C22H22F3N. The number of alkyl halides is 3. The van der Waals surface area contributed by atoms with Gasteiger partial charge in [0.15, 0.2) is 0 Å². The second kappa shape index (κ2) is 6.19. The lowest BCUT2D eigenvalue weighted by Crippen LogP contribution is -2.29. The Balaban J connectivity index is 1.71. The molecule has 1 nitrogen and oxygen atoms in total. The number of halogens is 3. The molecule has 2 aromatic carbocycles. The molecule has 0 radical (unpaired) electrons. The summed E-state index contributed by atoms with van der Waals surface area (Å²) < 4.78 is 39.3. The third-order valence-corrected chi connectivity index (χ3v) is 5.65. The maximum Gasteiger partial charge on any atom is 0.416 e. The van der Waals surface area contributed by atoms with Crippen molar-refractivity contribution < 1.29 is 13.2 Å². The second-order valence-corrected chi connectivity index (χ2v) is 7.60. The molecule has 1 aliphatic carbocycles. The van der Waals surface area contributed by atoms with Crippen molar-refractivity contribution in [2.45, 2.75) is 44.3 Å². The largest absolute Gasteiger partial charge is 0.416 e. The monoisotopic (exact) mass is 357 g/mol. The van der Waals surface area contributed by atoms with Crippen LogP contribution in [0, 0.1) is 5.92 Å². The first-order valence-electron chi connectivity index (χ1n) is 9.09. The summed E-state index contributed by atoms with van der Waals surface area (Å²) in [5, 5.41) is 3.50. The van der Waals surface area contributed by atoms with Crippen molar-refractivity contribution in [1.29, 1.82) is 0 Å². The molecule has 1 N–H and O–H groups in total. The first-order chi connectivity index (χ1) is 12.3. The van der Waals surface area contributed by atoms with Crippen LogP contribution in [0.4, 0.5) is 18.9 Å². The third-order valence-electron chi connectivity index (χ3n) is 5.65. The van der Waals surface area contributed by atoms with Crippen LogP contribution in [0.5, 0.6) is 0 Å². The van der Waals surface area contributed by atoms with E-state index in [4.69, 9.17) is 0 Å². The van der Waals surface area contributed by atoms with Gasteiger partial charge in [0, 0.05) is 11.6 Å². The van der Waals surface area contributed by atoms with E-state index in [-0.39, 0.29) is 17.9 Å². The van der Waals surface area contributed by atoms with Gasteiger partial charge in [0.25, 0.3) is 0 Å². The maximum absolute atomic E-state index is 13.1. The molecular weight excluding hydrogens is 335 g/mol. The van der Waals surface area contributed by atoms with Crippen LogP contribution in [-0.4, -0.2) is 0 Å². The molecule has 0 fully saturated rings. The lowest BCUT2D eigenvalue weighted by Gasteiger charge is -2.38. The Kier molecular flexibility index (Phi) is 4.09. The zero-order valence-corrected chi connectivity index (χ0v) is 14.8. The van der Waals surface area contributed by atoms with Crippen molar-refractivity contribution >= 4 is 5.69 Å². The zero-order valence-electron chi connectivity index (χ0n) is 14.8. The van der Waals surface area contributed by atoms with Crippen molar-refractivity contribution in [1.82, 2.24) is 0 Å². The summed E-state index contributed by atoms with van der Waals surface area (Å²) in [6.07, 6.45) is 0.738. The Hall–Kier alpha value is -2.23. The smallest absolute Gasteiger partial charge is 0.378 e. The average molecular weight is 357 g/mol. The van der Waals surface area contributed by atoms with Crippen molar-refractivity contribution in [2.75, 3.05) is 5.32 Å². The van der Waals surface area contributed by atoms with Crippen LogP contribution >= 0.6 is 0 Å². The molecule has 136 valence electrons. The topological polar surface area (TPSA) is 12.0 Å². The van der Waals surface area contributed by atoms with Gasteiger partial charge in [-0.25, -0.2) is 0 Å². The van der Waals surface area contributed by atoms with Gasteiger partial charge in [-0.3, -0.25) is 0 Å². The van der Waals surface area contributed by atoms with Gasteiger partial charge in [-0.15, -0.1) is 0 Å². The number of anilines is 1. The van der Waals surface area contributed by atoms with E-state index in [9.17, 15) is 13.2 Å². The van der Waals surface area contributed by atoms with Crippen molar-refractivity contribution in [3.05, 3.63) is 76.9 Å². The molecule has 0 unspecified atom stereocenters. The highest BCUT2D eigenvalue weighted by Crippen LogP contribution is 2.50. The molecule has 4 rings (SSSR count). The molecule has 4 heteroatoms. The predicted molar refractivity (Wildman–Crippen MR) is 98.3 cm³/mol. The first kappa shape index (κ1) is 17.2. The lowest BCUT2D eigenvalue weighted by molar-refractivity contribution is -0.137. The van der Waals surface area contributed by atoms with Gasteiger partial charge in [0.1, 0.15) is 0 Å². The van der Waals surface area contributed by atoms with Crippen molar-refractivity contribution in [3.8, 4) is 0 Å². The van der Waals surface area contributed by atoms with Crippen LogP contribution in [0.15, 0.2) is 54.6 Å². The summed E-state index contributed by atoms with van der Waals surface area (Å²) in [6, 6.07) is 12.8. The first-order valence-corrected chi connectivity index (χ1v) is 9.09. The Morgan fingerprint density at radius 1 is 1.04 bits per heavy atom. The minimum Gasteiger partial charge on any atom is -0.378 e. The Labute approximate surface area is 151 Å². The zero-order chi connectivity index (χ0) is 18.5. The fourth-order valence-electron chi connectivity index (χ4n) is 4.19. The van der Waals surface area contributed by atoms with Gasteiger partial charge < -0.3 is 5.32 Å². The van der Waals surface area contributed by atoms with Gasteiger partial charge in [-0.1, -0.05) is 50.3 Å². The third kappa shape index (κ3) is 2.91. The SMILES string of the molecule is CC(C)c1ccc([C@@H]2Nc3ccc(C(F)(F)F)cc3[C@H]3C=CC[C@@H]32)cc1. The average Bonchev–Trinajstić information content (AvgIpc) is 3.10. The van der Waals surface area contributed by atoms with Crippen LogP contribution in [0.25, 0.3) is 0 Å².